The molecule has 0 aromatic heterocycles. The zero-order valence-electron chi connectivity index (χ0n) is 12.9. The molecule has 1 heterocycles. The molecule has 1 saturated heterocycles. The molecule has 1 aromatic carbocycles. The Hall–Kier alpha value is -0.930. The van der Waals surface area contributed by atoms with Crippen molar-refractivity contribution < 1.29 is 9.50 Å². The minimum absolute atomic E-state index is 0.195. The first-order valence-corrected chi connectivity index (χ1v) is 7.52. The number of hydrogen-bond acceptors (Lipinski definition) is 2. The zero-order chi connectivity index (χ0) is 14.9. The number of halogens is 1. The standard InChI is InChI=1S/C17H26FNO/c1-12(2)19-10-9-14(17(3,4)20)11-16(19)13-5-7-15(18)8-6-13/h5-8,12,14,16,20H,9-11H2,1-4H3/t14-,16+/m1/s1. The van der Waals surface area contributed by atoms with E-state index < -0.39 is 5.60 Å². The van der Waals surface area contributed by atoms with Gasteiger partial charge in [-0.1, -0.05) is 12.1 Å². The van der Waals surface area contributed by atoms with Gasteiger partial charge in [0.25, 0.3) is 0 Å². The summed E-state index contributed by atoms with van der Waals surface area (Å²) in [6.45, 7) is 9.16. The molecule has 2 rings (SSSR count). The number of piperidine rings is 1. The van der Waals surface area contributed by atoms with E-state index in [2.05, 4.69) is 18.7 Å². The predicted octanol–water partition coefficient (Wildman–Crippen LogP) is 3.76. The Morgan fingerprint density at radius 2 is 1.85 bits per heavy atom. The molecule has 0 unspecified atom stereocenters. The second-order valence-corrected chi connectivity index (χ2v) is 6.77. The fourth-order valence-corrected chi connectivity index (χ4v) is 3.26. The molecule has 0 amide bonds. The lowest BCUT2D eigenvalue weighted by atomic mass is 9.78. The molecule has 0 radical (unpaired) electrons. The lowest BCUT2D eigenvalue weighted by Gasteiger charge is -2.45. The van der Waals surface area contributed by atoms with Gasteiger partial charge in [0.05, 0.1) is 5.60 Å². The summed E-state index contributed by atoms with van der Waals surface area (Å²) in [5.41, 5.74) is 0.496. The normalized spacial score (nSPS) is 25.1. The summed E-state index contributed by atoms with van der Waals surface area (Å²) in [7, 11) is 0. The number of hydrogen-bond donors (Lipinski definition) is 1. The van der Waals surface area contributed by atoms with Crippen molar-refractivity contribution in [3.05, 3.63) is 35.6 Å². The average molecular weight is 279 g/mol. The highest BCUT2D eigenvalue weighted by Crippen LogP contribution is 2.39. The first-order chi connectivity index (χ1) is 9.29. The molecule has 1 aromatic rings. The highest BCUT2D eigenvalue weighted by atomic mass is 19.1. The summed E-state index contributed by atoms with van der Waals surface area (Å²) in [6, 6.07) is 7.53. The van der Waals surface area contributed by atoms with Crippen LogP contribution in [0.25, 0.3) is 0 Å². The largest absolute Gasteiger partial charge is 0.390 e. The van der Waals surface area contributed by atoms with Crippen molar-refractivity contribution in [1.82, 2.24) is 4.90 Å². The third-order valence-electron chi connectivity index (χ3n) is 4.56. The Morgan fingerprint density at radius 3 is 2.35 bits per heavy atom. The molecule has 1 fully saturated rings. The Labute approximate surface area is 121 Å². The van der Waals surface area contributed by atoms with Gasteiger partial charge in [-0.25, -0.2) is 4.39 Å². The summed E-state index contributed by atoms with van der Waals surface area (Å²) >= 11 is 0. The fourth-order valence-electron chi connectivity index (χ4n) is 3.26. The first-order valence-electron chi connectivity index (χ1n) is 7.52. The summed E-state index contributed by atoms with van der Waals surface area (Å²) in [6.07, 6.45) is 1.94. The van der Waals surface area contributed by atoms with Gasteiger partial charge in [-0.05, 0) is 70.7 Å². The third kappa shape index (κ3) is 3.39. The Bertz CT molecular complexity index is 435. The van der Waals surface area contributed by atoms with Crippen LogP contribution >= 0.6 is 0 Å². The van der Waals surface area contributed by atoms with E-state index in [1.54, 1.807) is 0 Å². The third-order valence-corrected chi connectivity index (χ3v) is 4.56. The van der Waals surface area contributed by atoms with Gasteiger partial charge in [-0.3, -0.25) is 4.90 Å². The van der Waals surface area contributed by atoms with Crippen LogP contribution in [-0.2, 0) is 0 Å². The van der Waals surface area contributed by atoms with Crippen molar-refractivity contribution in [3.63, 3.8) is 0 Å². The molecule has 0 bridgehead atoms. The topological polar surface area (TPSA) is 23.5 Å². The van der Waals surface area contributed by atoms with E-state index in [0.717, 1.165) is 24.9 Å². The summed E-state index contributed by atoms with van der Waals surface area (Å²) in [4.78, 5) is 2.45. The fraction of sp³-hybridized carbons (Fsp3) is 0.647. The molecule has 1 aliphatic heterocycles. The Morgan fingerprint density at radius 1 is 1.25 bits per heavy atom. The maximum atomic E-state index is 13.1. The molecule has 1 N–H and O–H groups in total. The molecule has 0 saturated carbocycles. The van der Waals surface area contributed by atoms with Crippen LogP contribution in [0, 0.1) is 11.7 Å². The van der Waals surface area contributed by atoms with Gasteiger partial charge in [0, 0.05) is 12.1 Å². The van der Waals surface area contributed by atoms with Crippen molar-refractivity contribution in [1.29, 1.82) is 0 Å². The second kappa shape index (κ2) is 5.82. The van der Waals surface area contributed by atoms with E-state index >= 15 is 0 Å². The van der Waals surface area contributed by atoms with Crippen LogP contribution in [-0.4, -0.2) is 28.2 Å². The van der Waals surface area contributed by atoms with Crippen molar-refractivity contribution >= 4 is 0 Å². The first kappa shape index (κ1) is 15.5. The van der Waals surface area contributed by atoms with E-state index in [4.69, 9.17) is 0 Å². The van der Waals surface area contributed by atoms with E-state index in [1.807, 2.05) is 26.0 Å². The molecule has 3 heteroatoms. The molecular weight excluding hydrogens is 253 g/mol. The van der Waals surface area contributed by atoms with Crippen LogP contribution in [0.2, 0.25) is 0 Å². The van der Waals surface area contributed by atoms with Gasteiger partial charge >= 0.3 is 0 Å². The van der Waals surface area contributed by atoms with E-state index in [0.29, 0.717) is 6.04 Å². The number of rotatable bonds is 3. The maximum absolute atomic E-state index is 13.1. The van der Waals surface area contributed by atoms with E-state index in [-0.39, 0.29) is 17.8 Å². The quantitative estimate of drug-likeness (QED) is 0.910. The van der Waals surface area contributed by atoms with E-state index in [9.17, 15) is 9.50 Å². The molecule has 2 atom stereocenters. The van der Waals surface area contributed by atoms with Crippen LogP contribution < -0.4 is 0 Å². The van der Waals surface area contributed by atoms with Crippen molar-refractivity contribution in [2.45, 2.75) is 58.2 Å². The van der Waals surface area contributed by atoms with Gasteiger partial charge in [-0.15, -0.1) is 0 Å². The highest BCUT2D eigenvalue weighted by Gasteiger charge is 2.37. The smallest absolute Gasteiger partial charge is 0.123 e. The predicted molar refractivity (Wildman–Crippen MR) is 80.0 cm³/mol. The van der Waals surface area contributed by atoms with Gasteiger partial charge in [0.2, 0.25) is 0 Å². The SMILES string of the molecule is CC(C)N1CC[C@@H](C(C)(C)O)C[C@H]1c1ccc(F)cc1. The average Bonchev–Trinajstić information content (AvgIpc) is 2.37. The minimum Gasteiger partial charge on any atom is -0.390 e. The molecule has 0 aliphatic carbocycles. The van der Waals surface area contributed by atoms with Crippen molar-refractivity contribution in [2.24, 2.45) is 5.92 Å². The van der Waals surface area contributed by atoms with Gasteiger partial charge in [0.15, 0.2) is 0 Å². The van der Waals surface area contributed by atoms with Gasteiger partial charge < -0.3 is 5.11 Å². The lowest BCUT2D eigenvalue weighted by Crippen LogP contribution is -2.46. The molecular formula is C17H26FNO. The van der Waals surface area contributed by atoms with Crippen molar-refractivity contribution in [2.75, 3.05) is 6.54 Å². The summed E-state index contributed by atoms with van der Waals surface area (Å²) < 4.78 is 13.1. The second-order valence-electron chi connectivity index (χ2n) is 6.77. The van der Waals surface area contributed by atoms with Crippen LogP contribution in [0.5, 0.6) is 0 Å². The summed E-state index contributed by atoms with van der Waals surface area (Å²) in [5, 5.41) is 10.3. The minimum atomic E-state index is -0.651. The molecule has 112 valence electrons. The van der Waals surface area contributed by atoms with Crippen LogP contribution in [0.3, 0.4) is 0 Å². The number of likely N-dealkylation sites (tertiary alicyclic amines) is 1. The molecule has 20 heavy (non-hydrogen) atoms. The van der Waals surface area contributed by atoms with Crippen LogP contribution in [0.4, 0.5) is 4.39 Å². The summed E-state index contributed by atoms with van der Waals surface area (Å²) in [5.74, 6) is 0.0900. The monoisotopic (exact) mass is 279 g/mol. The Kier molecular flexibility index (Phi) is 4.50. The van der Waals surface area contributed by atoms with E-state index in [1.165, 1.54) is 12.1 Å². The van der Waals surface area contributed by atoms with Crippen LogP contribution in [0.15, 0.2) is 24.3 Å². The zero-order valence-corrected chi connectivity index (χ0v) is 12.9. The maximum Gasteiger partial charge on any atom is 0.123 e. The molecule has 2 nitrogen and oxygen atoms in total. The molecule has 1 aliphatic rings. The highest BCUT2D eigenvalue weighted by molar-refractivity contribution is 5.21. The number of benzene rings is 1. The van der Waals surface area contributed by atoms with Gasteiger partial charge in [-0.2, -0.15) is 0 Å². The van der Waals surface area contributed by atoms with Crippen LogP contribution in [0.1, 0.15) is 52.1 Å². The Balaban J connectivity index is 2.25. The number of aliphatic hydroxyl groups is 1. The van der Waals surface area contributed by atoms with Gasteiger partial charge in [0.1, 0.15) is 5.82 Å². The number of nitrogens with zero attached hydrogens (tertiary/aromatic N) is 1. The molecule has 0 spiro atoms. The lowest BCUT2D eigenvalue weighted by molar-refractivity contribution is -0.0365. The van der Waals surface area contributed by atoms with Crippen molar-refractivity contribution in [3.8, 4) is 0 Å².